The smallest absolute Gasteiger partial charge is 0.241 e. The number of carbonyl (C=O) groups excluding carboxylic acids is 2. The summed E-state index contributed by atoms with van der Waals surface area (Å²) in [6, 6.07) is 7.86. The summed E-state index contributed by atoms with van der Waals surface area (Å²) < 4.78 is 11.2. The largest absolute Gasteiger partial charge is 0.497 e. The molecule has 0 radical (unpaired) electrons. The summed E-state index contributed by atoms with van der Waals surface area (Å²) in [4.78, 5) is 29.4. The Bertz CT molecular complexity index is 802. The average Bonchev–Trinajstić information content (AvgIpc) is 3.14. The lowest BCUT2D eigenvalue weighted by Gasteiger charge is -2.31. The van der Waals surface area contributed by atoms with Crippen LogP contribution in [-0.4, -0.2) is 48.4 Å². The summed E-state index contributed by atoms with van der Waals surface area (Å²) in [5.41, 5.74) is 1.09. The minimum atomic E-state index is -0.202. The molecule has 0 spiro atoms. The molecule has 7 nitrogen and oxygen atoms in total. The number of aromatic nitrogens is 1. The van der Waals surface area contributed by atoms with Crippen molar-refractivity contribution in [3.8, 4) is 5.75 Å². The molecule has 1 aromatic heterocycles. The van der Waals surface area contributed by atoms with Gasteiger partial charge in [0, 0.05) is 26.4 Å². The van der Waals surface area contributed by atoms with E-state index in [-0.39, 0.29) is 24.3 Å². The van der Waals surface area contributed by atoms with Gasteiger partial charge >= 0.3 is 0 Å². The van der Waals surface area contributed by atoms with Gasteiger partial charge in [0.05, 0.1) is 25.8 Å². The average molecular weight is 371 g/mol. The summed E-state index contributed by atoms with van der Waals surface area (Å²) in [5, 5.41) is 2.56. The first-order chi connectivity index (χ1) is 13.0. The maximum Gasteiger partial charge on any atom is 0.241 e. The van der Waals surface area contributed by atoms with Gasteiger partial charge in [-0.1, -0.05) is 12.1 Å². The third-order valence-electron chi connectivity index (χ3n) is 4.70. The Morgan fingerprint density at radius 2 is 2.26 bits per heavy atom. The molecule has 1 atom stereocenters. The number of ether oxygens (including phenoxy) is 1. The molecule has 27 heavy (non-hydrogen) atoms. The van der Waals surface area contributed by atoms with Crippen LogP contribution in [0.25, 0.3) is 0 Å². The van der Waals surface area contributed by atoms with E-state index in [1.807, 2.05) is 24.3 Å². The minimum absolute atomic E-state index is 0.0364. The van der Waals surface area contributed by atoms with Crippen molar-refractivity contribution in [2.75, 3.05) is 26.7 Å². The highest BCUT2D eigenvalue weighted by molar-refractivity contribution is 5.83. The van der Waals surface area contributed by atoms with Crippen molar-refractivity contribution in [1.29, 1.82) is 0 Å². The molecular weight excluding hydrogens is 346 g/mol. The van der Waals surface area contributed by atoms with Crippen LogP contribution >= 0.6 is 0 Å². The monoisotopic (exact) mass is 371 g/mol. The van der Waals surface area contributed by atoms with Crippen LogP contribution in [0.2, 0.25) is 0 Å². The third kappa shape index (κ3) is 5.09. The van der Waals surface area contributed by atoms with Gasteiger partial charge in [0.25, 0.3) is 0 Å². The zero-order chi connectivity index (χ0) is 19.2. The molecule has 1 saturated heterocycles. The van der Waals surface area contributed by atoms with Crippen molar-refractivity contribution in [1.82, 2.24) is 15.2 Å². The van der Waals surface area contributed by atoms with E-state index in [0.29, 0.717) is 25.4 Å². The number of methoxy groups -OCH3 is 1. The molecule has 3 rings (SSSR count). The maximum absolute atomic E-state index is 12.2. The number of benzene rings is 1. The molecule has 7 heteroatoms. The van der Waals surface area contributed by atoms with Gasteiger partial charge in [0.15, 0.2) is 5.89 Å². The molecule has 144 valence electrons. The summed E-state index contributed by atoms with van der Waals surface area (Å²) >= 11 is 0. The SMILES string of the molecule is COc1cccc(Cc2cnc([C@H]3CCCN(C(=O)CNC(C)=O)C3)o2)c1. The van der Waals surface area contributed by atoms with Gasteiger partial charge in [0.1, 0.15) is 11.5 Å². The predicted molar refractivity (Wildman–Crippen MR) is 99.5 cm³/mol. The molecule has 0 bridgehead atoms. The normalized spacial score (nSPS) is 16.8. The number of hydrogen-bond acceptors (Lipinski definition) is 5. The van der Waals surface area contributed by atoms with Crippen molar-refractivity contribution in [2.24, 2.45) is 0 Å². The van der Waals surface area contributed by atoms with Crippen LogP contribution in [0.3, 0.4) is 0 Å². The second-order valence-corrected chi connectivity index (χ2v) is 6.78. The highest BCUT2D eigenvalue weighted by atomic mass is 16.5. The predicted octanol–water partition coefficient (Wildman–Crippen LogP) is 2.12. The lowest BCUT2D eigenvalue weighted by molar-refractivity contribution is -0.133. The van der Waals surface area contributed by atoms with Crippen molar-refractivity contribution in [2.45, 2.75) is 32.1 Å². The quantitative estimate of drug-likeness (QED) is 0.841. The first kappa shape index (κ1) is 18.9. The molecule has 2 aromatic rings. The van der Waals surface area contributed by atoms with Crippen LogP contribution in [0, 0.1) is 0 Å². The number of oxazole rings is 1. The summed E-state index contributed by atoms with van der Waals surface area (Å²) in [7, 11) is 1.65. The van der Waals surface area contributed by atoms with Crippen LogP contribution in [0.5, 0.6) is 5.75 Å². The third-order valence-corrected chi connectivity index (χ3v) is 4.70. The number of hydrogen-bond donors (Lipinski definition) is 1. The molecule has 0 saturated carbocycles. The van der Waals surface area contributed by atoms with Crippen LogP contribution in [0.15, 0.2) is 34.9 Å². The van der Waals surface area contributed by atoms with E-state index in [4.69, 9.17) is 9.15 Å². The number of piperidine rings is 1. The summed E-state index contributed by atoms with van der Waals surface area (Å²) in [6.45, 7) is 2.71. The molecule has 1 aliphatic heterocycles. The van der Waals surface area contributed by atoms with Crippen LogP contribution in [0.1, 0.15) is 42.9 Å². The standard InChI is InChI=1S/C20H25N3O4/c1-14(24)21-12-19(25)23-8-4-6-16(13-23)20-22-11-18(27-20)10-15-5-3-7-17(9-15)26-2/h3,5,7,9,11,16H,4,6,8,10,12-13H2,1-2H3,(H,21,24)/t16-/m0/s1. The Balaban J connectivity index is 1.61. The van der Waals surface area contributed by atoms with Gasteiger partial charge in [-0.3, -0.25) is 9.59 Å². The number of carbonyl (C=O) groups is 2. The lowest BCUT2D eigenvalue weighted by atomic mass is 9.98. The Morgan fingerprint density at radius 3 is 3.04 bits per heavy atom. The van der Waals surface area contributed by atoms with Gasteiger partial charge in [-0.25, -0.2) is 4.98 Å². The van der Waals surface area contributed by atoms with E-state index in [1.54, 1.807) is 18.2 Å². The van der Waals surface area contributed by atoms with E-state index >= 15 is 0 Å². The van der Waals surface area contributed by atoms with E-state index in [0.717, 1.165) is 29.9 Å². The Labute approximate surface area is 158 Å². The fraction of sp³-hybridized carbons (Fsp3) is 0.450. The molecule has 1 fully saturated rings. The Kier molecular flexibility index (Phi) is 6.11. The fourth-order valence-corrected chi connectivity index (χ4v) is 3.29. The molecule has 2 heterocycles. The zero-order valence-corrected chi connectivity index (χ0v) is 15.7. The van der Waals surface area contributed by atoms with Crippen molar-refractivity contribution < 1.29 is 18.7 Å². The van der Waals surface area contributed by atoms with Gasteiger partial charge in [-0.15, -0.1) is 0 Å². The van der Waals surface area contributed by atoms with E-state index < -0.39 is 0 Å². The molecule has 1 aliphatic rings. The molecule has 1 aromatic carbocycles. The second-order valence-electron chi connectivity index (χ2n) is 6.78. The van der Waals surface area contributed by atoms with Crippen LogP contribution < -0.4 is 10.1 Å². The van der Waals surface area contributed by atoms with Crippen molar-refractivity contribution in [3.05, 3.63) is 47.7 Å². The highest BCUT2D eigenvalue weighted by Gasteiger charge is 2.27. The Hall–Kier alpha value is -2.83. The molecule has 1 N–H and O–H groups in total. The Morgan fingerprint density at radius 1 is 1.41 bits per heavy atom. The number of likely N-dealkylation sites (tertiary alicyclic amines) is 1. The number of amides is 2. The van der Waals surface area contributed by atoms with Crippen LogP contribution in [-0.2, 0) is 16.0 Å². The van der Waals surface area contributed by atoms with Gasteiger partial charge in [-0.2, -0.15) is 0 Å². The molecule has 0 aliphatic carbocycles. The topological polar surface area (TPSA) is 84.7 Å². The second kappa shape index (κ2) is 8.70. The summed E-state index contributed by atoms with van der Waals surface area (Å²) in [5.74, 6) is 2.08. The van der Waals surface area contributed by atoms with E-state index in [1.165, 1.54) is 6.92 Å². The number of nitrogens with zero attached hydrogens (tertiary/aromatic N) is 2. The fourth-order valence-electron chi connectivity index (χ4n) is 3.29. The molecule has 2 amide bonds. The lowest BCUT2D eigenvalue weighted by Crippen LogP contribution is -2.44. The van der Waals surface area contributed by atoms with Gasteiger partial charge in [-0.05, 0) is 30.5 Å². The van der Waals surface area contributed by atoms with Gasteiger partial charge < -0.3 is 19.4 Å². The van der Waals surface area contributed by atoms with Crippen molar-refractivity contribution in [3.63, 3.8) is 0 Å². The first-order valence-corrected chi connectivity index (χ1v) is 9.15. The van der Waals surface area contributed by atoms with Gasteiger partial charge in [0.2, 0.25) is 11.8 Å². The summed E-state index contributed by atoms with van der Waals surface area (Å²) in [6.07, 6.45) is 4.22. The number of nitrogens with one attached hydrogen (secondary N) is 1. The minimum Gasteiger partial charge on any atom is -0.497 e. The highest BCUT2D eigenvalue weighted by Crippen LogP contribution is 2.27. The molecular formula is C20H25N3O4. The van der Waals surface area contributed by atoms with Crippen LogP contribution in [0.4, 0.5) is 0 Å². The number of rotatable bonds is 6. The van der Waals surface area contributed by atoms with E-state index in [2.05, 4.69) is 10.3 Å². The first-order valence-electron chi connectivity index (χ1n) is 9.15. The molecule has 0 unspecified atom stereocenters. The zero-order valence-electron chi connectivity index (χ0n) is 15.7. The van der Waals surface area contributed by atoms with E-state index in [9.17, 15) is 9.59 Å². The van der Waals surface area contributed by atoms with Crippen molar-refractivity contribution >= 4 is 11.8 Å². The maximum atomic E-state index is 12.2.